The highest BCUT2D eigenvalue weighted by molar-refractivity contribution is 7.09. The Morgan fingerprint density at radius 2 is 2.46 bits per heavy atom. The highest BCUT2D eigenvalue weighted by Gasteiger charge is 2.07. The molecular formula is C10H15NOS. The SMILES string of the molecule is C=C(C)CC(O)Cc1csc(C)n1. The second-order valence-corrected chi connectivity index (χ2v) is 4.44. The molecule has 3 heteroatoms. The van der Waals surface area contributed by atoms with Gasteiger partial charge in [0.2, 0.25) is 0 Å². The third-order valence-electron chi connectivity index (χ3n) is 1.70. The first-order valence-electron chi connectivity index (χ1n) is 4.31. The summed E-state index contributed by atoms with van der Waals surface area (Å²) in [6.45, 7) is 7.66. The Bertz CT molecular complexity index is 293. The summed E-state index contributed by atoms with van der Waals surface area (Å²) in [6, 6.07) is 0. The van der Waals surface area contributed by atoms with Crippen LogP contribution in [0.2, 0.25) is 0 Å². The van der Waals surface area contributed by atoms with Crippen molar-refractivity contribution in [3.63, 3.8) is 0 Å². The molecule has 0 amide bonds. The Balaban J connectivity index is 2.44. The van der Waals surface area contributed by atoms with Crippen LogP contribution in [-0.4, -0.2) is 16.2 Å². The van der Waals surface area contributed by atoms with Gasteiger partial charge >= 0.3 is 0 Å². The fraction of sp³-hybridized carbons (Fsp3) is 0.500. The van der Waals surface area contributed by atoms with Crippen molar-refractivity contribution in [3.8, 4) is 0 Å². The highest BCUT2D eigenvalue weighted by Crippen LogP contribution is 2.12. The molecule has 72 valence electrons. The van der Waals surface area contributed by atoms with Gasteiger partial charge in [0.1, 0.15) is 0 Å². The molecule has 1 heterocycles. The average molecular weight is 197 g/mol. The Kier molecular flexibility index (Phi) is 3.63. The monoisotopic (exact) mass is 197 g/mol. The quantitative estimate of drug-likeness (QED) is 0.751. The fourth-order valence-corrected chi connectivity index (χ4v) is 1.84. The summed E-state index contributed by atoms with van der Waals surface area (Å²) in [5, 5.41) is 12.6. The summed E-state index contributed by atoms with van der Waals surface area (Å²) in [5.74, 6) is 0. The minimum Gasteiger partial charge on any atom is -0.392 e. The van der Waals surface area contributed by atoms with Crippen molar-refractivity contribution in [1.29, 1.82) is 0 Å². The van der Waals surface area contributed by atoms with Crippen LogP contribution in [0.4, 0.5) is 0 Å². The molecule has 0 saturated carbocycles. The number of aromatic nitrogens is 1. The van der Waals surface area contributed by atoms with Crippen molar-refractivity contribution in [1.82, 2.24) is 4.98 Å². The number of rotatable bonds is 4. The Morgan fingerprint density at radius 3 is 2.92 bits per heavy atom. The summed E-state index contributed by atoms with van der Waals surface area (Å²) in [6.07, 6.45) is 0.965. The number of hydrogen-bond acceptors (Lipinski definition) is 3. The van der Waals surface area contributed by atoms with Gasteiger partial charge in [-0.15, -0.1) is 17.9 Å². The summed E-state index contributed by atoms with van der Waals surface area (Å²) in [4.78, 5) is 4.29. The number of aliphatic hydroxyl groups excluding tert-OH is 1. The summed E-state index contributed by atoms with van der Waals surface area (Å²) >= 11 is 1.62. The van der Waals surface area contributed by atoms with Crippen LogP contribution in [0, 0.1) is 6.92 Å². The van der Waals surface area contributed by atoms with Crippen molar-refractivity contribution in [3.05, 3.63) is 28.2 Å². The molecular weight excluding hydrogens is 182 g/mol. The van der Waals surface area contributed by atoms with Gasteiger partial charge in [-0.2, -0.15) is 0 Å². The Morgan fingerprint density at radius 1 is 1.77 bits per heavy atom. The number of aryl methyl sites for hydroxylation is 1. The van der Waals surface area contributed by atoms with E-state index >= 15 is 0 Å². The molecule has 0 radical (unpaired) electrons. The van der Waals surface area contributed by atoms with E-state index in [0.29, 0.717) is 12.8 Å². The summed E-state index contributed by atoms with van der Waals surface area (Å²) in [5.41, 5.74) is 2.00. The molecule has 0 bridgehead atoms. The van der Waals surface area contributed by atoms with Crippen molar-refractivity contribution in [2.45, 2.75) is 32.8 Å². The lowest BCUT2D eigenvalue weighted by molar-refractivity contribution is 0.174. The van der Waals surface area contributed by atoms with Crippen LogP contribution >= 0.6 is 11.3 Å². The third kappa shape index (κ3) is 3.70. The van der Waals surface area contributed by atoms with Gasteiger partial charge in [0.25, 0.3) is 0 Å². The van der Waals surface area contributed by atoms with Gasteiger partial charge in [-0.25, -0.2) is 4.98 Å². The maximum Gasteiger partial charge on any atom is 0.0897 e. The molecule has 1 atom stereocenters. The Hall–Kier alpha value is -0.670. The first-order valence-corrected chi connectivity index (χ1v) is 5.19. The number of nitrogens with zero attached hydrogens (tertiary/aromatic N) is 1. The lowest BCUT2D eigenvalue weighted by Crippen LogP contribution is -2.10. The second kappa shape index (κ2) is 4.53. The molecule has 1 unspecified atom stereocenters. The van der Waals surface area contributed by atoms with Crippen LogP contribution in [0.5, 0.6) is 0 Å². The van der Waals surface area contributed by atoms with E-state index < -0.39 is 0 Å². The van der Waals surface area contributed by atoms with Crippen LogP contribution < -0.4 is 0 Å². The molecule has 0 fully saturated rings. The maximum absolute atomic E-state index is 9.59. The molecule has 1 rings (SSSR count). The molecule has 2 nitrogen and oxygen atoms in total. The zero-order chi connectivity index (χ0) is 9.84. The predicted octanol–water partition coefficient (Wildman–Crippen LogP) is 2.32. The van der Waals surface area contributed by atoms with E-state index in [1.54, 1.807) is 11.3 Å². The van der Waals surface area contributed by atoms with Crippen LogP contribution in [0.3, 0.4) is 0 Å². The highest BCUT2D eigenvalue weighted by atomic mass is 32.1. The zero-order valence-corrected chi connectivity index (χ0v) is 8.90. The first kappa shape index (κ1) is 10.4. The zero-order valence-electron chi connectivity index (χ0n) is 8.08. The molecule has 13 heavy (non-hydrogen) atoms. The van der Waals surface area contributed by atoms with E-state index in [1.807, 2.05) is 19.2 Å². The van der Waals surface area contributed by atoms with Crippen molar-refractivity contribution in [2.24, 2.45) is 0 Å². The maximum atomic E-state index is 9.59. The summed E-state index contributed by atoms with van der Waals surface area (Å²) in [7, 11) is 0. The molecule has 1 N–H and O–H groups in total. The van der Waals surface area contributed by atoms with E-state index in [9.17, 15) is 5.11 Å². The van der Waals surface area contributed by atoms with Gasteiger partial charge in [-0.3, -0.25) is 0 Å². The molecule has 1 aromatic rings. The minimum absolute atomic E-state index is 0.334. The van der Waals surface area contributed by atoms with Crippen LogP contribution in [0.1, 0.15) is 24.0 Å². The largest absolute Gasteiger partial charge is 0.392 e. The van der Waals surface area contributed by atoms with Crippen molar-refractivity contribution >= 4 is 11.3 Å². The van der Waals surface area contributed by atoms with Crippen LogP contribution in [0.25, 0.3) is 0 Å². The smallest absolute Gasteiger partial charge is 0.0897 e. The fourth-order valence-electron chi connectivity index (χ4n) is 1.22. The van der Waals surface area contributed by atoms with Crippen LogP contribution in [-0.2, 0) is 6.42 Å². The Labute approximate surface area is 83.0 Å². The van der Waals surface area contributed by atoms with E-state index in [-0.39, 0.29) is 6.10 Å². The van der Waals surface area contributed by atoms with Crippen LogP contribution in [0.15, 0.2) is 17.5 Å². The van der Waals surface area contributed by atoms with E-state index in [4.69, 9.17) is 0 Å². The first-order chi connectivity index (χ1) is 6.08. The standard InChI is InChI=1S/C10H15NOS/c1-7(2)4-10(12)5-9-6-13-8(3)11-9/h6,10,12H,1,4-5H2,2-3H3. The molecule has 0 aliphatic carbocycles. The van der Waals surface area contributed by atoms with Gasteiger partial charge < -0.3 is 5.11 Å². The minimum atomic E-state index is -0.334. The molecule has 1 aromatic heterocycles. The topological polar surface area (TPSA) is 33.1 Å². The number of hydrogen-bond donors (Lipinski definition) is 1. The van der Waals surface area contributed by atoms with E-state index in [0.717, 1.165) is 16.3 Å². The molecule has 0 aromatic carbocycles. The average Bonchev–Trinajstić information content (AvgIpc) is 2.33. The molecule has 0 aliphatic heterocycles. The van der Waals surface area contributed by atoms with Gasteiger partial charge in [0, 0.05) is 11.8 Å². The lowest BCUT2D eigenvalue weighted by atomic mass is 10.1. The van der Waals surface area contributed by atoms with Gasteiger partial charge in [0.15, 0.2) is 0 Å². The molecule has 0 saturated heterocycles. The van der Waals surface area contributed by atoms with E-state index in [2.05, 4.69) is 11.6 Å². The molecule has 0 aliphatic rings. The summed E-state index contributed by atoms with van der Waals surface area (Å²) < 4.78 is 0. The predicted molar refractivity (Wildman–Crippen MR) is 56.0 cm³/mol. The van der Waals surface area contributed by atoms with Gasteiger partial charge in [-0.1, -0.05) is 5.57 Å². The normalized spacial score (nSPS) is 12.8. The lowest BCUT2D eigenvalue weighted by Gasteiger charge is -2.07. The van der Waals surface area contributed by atoms with Gasteiger partial charge in [-0.05, 0) is 20.3 Å². The van der Waals surface area contributed by atoms with Crippen molar-refractivity contribution < 1.29 is 5.11 Å². The van der Waals surface area contributed by atoms with Gasteiger partial charge in [0.05, 0.1) is 16.8 Å². The number of aliphatic hydroxyl groups is 1. The van der Waals surface area contributed by atoms with Crippen molar-refractivity contribution in [2.75, 3.05) is 0 Å². The van der Waals surface area contributed by atoms with E-state index in [1.165, 1.54) is 0 Å². The third-order valence-corrected chi connectivity index (χ3v) is 2.52. The second-order valence-electron chi connectivity index (χ2n) is 3.38. The molecule has 0 spiro atoms. The number of thiazole rings is 1.